The van der Waals surface area contributed by atoms with E-state index >= 15 is 0 Å². The molecule has 1 aromatic carbocycles. The summed E-state index contributed by atoms with van der Waals surface area (Å²) in [5.74, 6) is 0.483. The van der Waals surface area contributed by atoms with Gasteiger partial charge in [-0.05, 0) is 25.0 Å². The topological polar surface area (TPSA) is 98.0 Å². The molecule has 0 spiro atoms. The molecule has 0 aliphatic carbocycles. The Labute approximate surface area is 160 Å². The summed E-state index contributed by atoms with van der Waals surface area (Å²) in [6, 6.07) is 5.29. The molecule has 2 saturated heterocycles. The van der Waals surface area contributed by atoms with E-state index in [9.17, 15) is 9.50 Å². The van der Waals surface area contributed by atoms with E-state index in [1.807, 2.05) is 6.07 Å². The molecule has 4 atom stereocenters. The second kappa shape index (κ2) is 6.83. The van der Waals surface area contributed by atoms with Crippen molar-refractivity contribution in [1.82, 2.24) is 30.0 Å². The lowest BCUT2D eigenvalue weighted by Gasteiger charge is -2.32. The third-order valence-electron chi connectivity index (χ3n) is 5.37. The van der Waals surface area contributed by atoms with Gasteiger partial charge >= 0.3 is 0 Å². The number of phenols is 1. The van der Waals surface area contributed by atoms with Crippen LogP contribution in [0.3, 0.4) is 0 Å². The average molecular weight is 382 g/mol. The zero-order chi connectivity index (χ0) is 19.1. The molecule has 9 heteroatoms. The Hall–Kier alpha value is -3.07. The first-order chi connectivity index (χ1) is 13.7. The minimum Gasteiger partial charge on any atom is -0.507 e. The van der Waals surface area contributed by atoms with Gasteiger partial charge in [-0.15, -0.1) is 10.2 Å². The van der Waals surface area contributed by atoms with Crippen LogP contribution in [0, 0.1) is 0 Å². The minimum atomic E-state index is -1.07. The molecule has 144 valence electrons. The van der Waals surface area contributed by atoms with Crippen LogP contribution in [-0.2, 0) is 0 Å². The molecule has 0 saturated carbocycles. The van der Waals surface area contributed by atoms with Gasteiger partial charge in [0.25, 0.3) is 5.88 Å². The number of halogens is 1. The Kier molecular flexibility index (Phi) is 4.16. The van der Waals surface area contributed by atoms with Gasteiger partial charge in [-0.25, -0.2) is 14.4 Å². The van der Waals surface area contributed by atoms with Crippen LogP contribution in [-0.4, -0.2) is 54.2 Å². The Morgan fingerprint density at radius 3 is 2.93 bits per heavy atom. The third kappa shape index (κ3) is 3.07. The number of fused-ring (bicyclic) bond motifs is 2. The molecule has 2 N–H and O–H groups in total. The van der Waals surface area contributed by atoms with Crippen LogP contribution in [0.2, 0.25) is 0 Å². The fraction of sp³-hybridized carbons (Fsp3) is 0.368. The molecule has 0 radical (unpaired) electrons. The number of hydrogen-bond acceptors (Lipinski definition) is 7. The number of imidazole rings is 1. The minimum absolute atomic E-state index is 0.0282. The van der Waals surface area contributed by atoms with E-state index < -0.39 is 12.3 Å². The molecule has 8 nitrogen and oxygen atoms in total. The molecule has 2 aromatic heterocycles. The number of aromatic hydroxyl groups is 1. The molecule has 5 rings (SSSR count). The van der Waals surface area contributed by atoms with E-state index in [2.05, 4.69) is 25.5 Å². The highest BCUT2D eigenvalue weighted by molar-refractivity contribution is 5.65. The second-order valence-corrected chi connectivity index (χ2v) is 7.18. The van der Waals surface area contributed by atoms with Crippen LogP contribution in [0.25, 0.3) is 17.1 Å². The van der Waals surface area contributed by atoms with E-state index in [0.29, 0.717) is 18.0 Å². The molecular weight excluding hydrogens is 363 g/mol. The van der Waals surface area contributed by atoms with Gasteiger partial charge in [0.2, 0.25) is 0 Å². The monoisotopic (exact) mass is 382 g/mol. The summed E-state index contributed by atoms with van der Waals surface area (Å²) in [7, 11) is 0. The molecule has 2 fully saturated rings. The molecule has 2 aliphatic heterocycles. The van der Waals surface area contributed by atoms with Crippen molar-refractivity contribution in [3.63, 3.8) is 0 Å². The van der Waals surface area contributed by atoms with Crippen molar-refractivity contribution in [2.45, 2.75) is 43.6 Å². The number of phenolic OH excluding ortho intramolecular Hbond substituents is 1. The summed E-state index contributed by atoms with van der Waals surface area (Å²) in [5.41, 5.74) is 1.22. The highest BCUT2D eigenvalue weighted by Gasteiger charge is 2.43. The number of ether oxygens (including phenoxy) is 1. The Morgan fingerprint density at radius 1 is 1.25 bits per heavy atom. The van der Waals surface area contributed by atoms with Gasteiger partial charge in [-0.2, -0.15) is 0 Å². The first-order valence-electron chi connectivity index (χ1n) is 9.25. The molecule has 2 aliphatic rings. The summed E-state index contributed by atoms with van der Waals surface area (Å²) in [6.45, 7) is 0. The maximum atomic E-state index is 14.5. The van der Waals surface area contributed by atoms with Gasteiger partial charge in [0.05, 0.1) is 23.8 Å². The molecule has 0 amide bonds. The highest BCUT2D eigenvalue weighted by Crippen LogP contribution is 2.32. The van der Waals surface area contributed by atoms with E-state index in [1.54, 1.807) is 35.4 Å². The van der Waals surface area contributed by atoms with Crippen molar-refractivity contribution in [3.05, 3.63) is 43.1 Å². The van der Waals surface area contributed by atoms with Gasteiger partial charge in [0, 0.05) is 37.0 Å². The third-order valence-corrected chi connectivity index (χ3v) is 5.37. The summed E-state index contributed by atoms with van der Waals surface area (Å²) in [6.07, 6.45) is 7.31. The highest BCUT2D eigenvalue weighted by atomic mass is 19.1. The number of nitrogens with zero attached hydrogens (tertiary/aromatic N) is 5. The van der Waals surface area contributed by atoms with Crippen LogP contribution in [0.15, 0.2) is 43.1 Å². The van der Waals surface area contributed by atoms with E-state index in [-0.39, 0.29) is 23.5 Å². The Bertz CT molecular complexity index is 965. The lowest BCUT2D eigenvalue weighted by molar-refractivity contribution is 0.0418. The number of nitrogens with one attached hydrogen (secondary N) is 1. The van der Waals surface area contributed by atoms with Crippen molar-refractivity contribution >= 4 is 0 Å². The van der Waals surface area contributed by atoms with Crippen LogP contribution in [0.1, 0.15) is 19.3 Å². The van der Waals surface area contributed by atoms with E-state index in [0.717, 1.165) is 18.5 Å². The van der Waals surface area contributed by atoms with Gasteiger partial charge in [0.1, 0.15) is 11.9 Å². The van der Waals surface area contributed by atoms with E-state index in [1.165, 1.54) is 6.20 Å². The number of hydrogen-bond donors (Lipinski definition) is 2. The molecule has 4 heterocycles. The molecule has 2 bridgehead atoms. The normalized spacial score (nSPS) is 26.3. The van der Waals surface area contributed by atoms with E-state index in [4.69, 9.17) is 4.74 Å². The molecular formula is C19H19FN6O2. The van der Waals surface area contributed by atoms with Crippen LogP contribution in [0.4, 0.5) is 4.39 Å². The summed E-state index contributed by atoms with van der Waals surface area (Å²) in [4.78, 5) is 8.22. The predicted octanol–water partition coefficient (Wildman–Crippen LogP) is 2.04. The van der Waals surface area contributed by atoms with Gasteiger partial charge in [0.15, 0.2) is 12.0 Å². The molecule has 28 heavy (non-hydrogen) atoms. The number of benzene rings is 1. The first kappa shape index (κ1) is 17.1. The fourth-order valence-corrected chi connectivity index (χ4v) is 3.95. The lowest BCUT2D eigenvalue weighted by Crippen LogP contribution is -2.51. The SMILES string of the molecule is Oc1cc(-n2ccnc2)ccc1-c1ncc(O[C@@H]2C[C@H]3CC[C@H](N3)[C@@H]2F)nn1. The van der Waals surface area contributed by atoms with Crippen molar-refractivity contribution in [3.8, 4) is 28.7 Å². The van der Waals surface area contributed by atoms with Crippen molar-refractivity contribution in [2.75, 3.05) is 0 Å². The number of piperidine rings is 1. The largest absolute Gasteiger partial charge is 0.507 e. The maximum Gasteiger partial charge on any atom is 0.252 e. The zero-order valence-electron chi connectivity index (χ0n) is 14.9. The standard InChI is InChI=1S/C19H19FN6O2/c20-18-14-4-1-11(23-14)7-16(18)28-17-9-22-19(25-24-17)13-3-2-12(8-15(13)27)26-6-5-21-10-26/h2-3,5-6,8-11,14,16,18,23,27H,1,4,7H2/t11-,14+,16-,18+/m1/s1. The summed E-state index contributed by atoms with van der Waals surface area (Å²) >= 11 is 0. The maximum absolute atomic E-state index is 14.5. The van der Waals surface area contributed by atoms with Crippen LogP contribution < -0.4 is 10.1 Å². The predicted molar refractivity (Wildman–Crippen MR) is 97.9 cm³/mol. The van der Waals surface area contributed by atoms with Crippen molar-refractivity contribution in [1.29, 1.82) is 0 Å². The fourth-order valence-electron chi connectivity index (χ4n) is 3.95. The second-order valence-electron chi connectivity index (χ2n) is 7.18. The van der Waals surface area contributed by atoms with Crippen LogP contribution >= 0.6 is 0 Å². The van der Waals surface area contributed by atoms with Crippen LogP contribution in [0.5, 0.6) is 11.6 Å². The smallest absolute Gasteiger partial charge is 0.252 e. The Balaban J connectivity index is 1.32. The number of alkyl halides is 1. The average Bonchev–Trinajstić information content (AvgIpc) is 3.37. The van der Waals surface area contributed by atoms with Gasteiger partial charge in [-0.3, -0.25) is 0 Å². The zero-order valence-corrected chi connectivity index (χ0v) is 14.9. The quantitative estimate of drug-likeness (QED) is 0.712. The number of aromatic nitrogens is 5. The summed E-state index contributed by atoms with van der Waals surface area (Å²) in [5, 5.41) is 21.7. The van der Waals surface area contributed by atoms with Crippen molar-refractivity contribution in [2.24, 2.45) is 0 Å². The van der Waals surface area contributed by atoms with Gasteiger partial charge in [-0.1, -0.05) is 0 Å². The molecule has 0 unspecified atom stereocenters. The first-order valence-corrected chi connectivity index (χ1v) is 9.25. The Morgan fingerprint density at radius 2 is 2.18 bits per heavy atom. The molecule has 3 aromatic rings. The lowest BCUT2D eigenvalue weighted by atomic mass is 10.0. The van der Waals surface area contributed by atoms with Crippen molar-refractivity contribution < 1.29 is 14.2 Å². The van der Waals surface area contributed by atoms with Gasteiger partial charge < -0.3 is 19.7 Å². The number of rotatable bonds is 4. The summed E-state index contributed by atoms with van der Waals surface area (Å²) < 4.78 is 22.0.